The summed E-state index contributed by atoms with van der Waals surface area (Å²) in [5.41, 5.74) is 0.866. The van der Waals surface area contributed by atoms with Gasteiger partial charge in [-0.1, -0.05) is 0 Å². The van der Waals surface area contributed by atoms with E-state index in [2.05, 4.69) is 75.8 Å². The van der Waals surface area contributed by atoms with Crippen molar-refractivity contribution in [2.75, 3.05) is 39.3 Å². The first kappa shape index (κ1) is 20.2. The highest BCUT2D eigenvalue weighted by atomic mass is 15.3. The fourth-order valence-corrected chi connectivity index (χ4v) is 5.33. The van der Waals surface area contributed by atoms with Gasteiger partial charge in [-0.15, -0.1) is 0 Å². The molecule has 0 bridgehead atoms. The molecule has 0 saturated carbocycles. The summed E-state index contributed by atoms with van der Waals surface area (Å²) in [5.74, 6) is 0. The molecule has 0 aromatic rings. The van der Waals surface area contributed by atoms with Gasteiger partial charge in [0.25, 0.3) is 0 Å². The second-order valence-corrected chi connectivity index (χ2v) is 10.9. The zero-order valence-corrected chi connectivity index (χ0v) is 17.6. The van der Waals surface area contributed by atoms with Crippen LogP contribution in [0, 0.1) is 0 Å². The highest BCUT2D eigenvalue weighted by molar-refractivity contribution is 4.99. The lowest BCUT2D eigenvalue weighted by atomic mass is 9.91. The lowest BCUT2D eigenvalue weighted by Gasteiger charge is -2.49. The summed E-state index contributed by atoms with van der Waals surface area (Å²) in [4.78, 5) is 5.31. The van der Waals surface area contributed by atoms with Crippen LogP contribution in [0.5, 0.6) is 0 Å². The molecule has 0 atom stereocenters. The summed E-state index contributed by atoms with van der Waals surface area (Å²) >= 11 is 0. The second-order valence-electron chi connectivity index (χ2n) is 10.9. The Hall–Kier alpha value is -0.160. The van der Waals surface area contributed by atoms with Crippen LogP contribution in [0.3, 0.4) is 0 Å². The maximum atomic E-state index is 3.77. The van der Waals surface area contributed by atoms with Crippen molar-refractivity contribution < 1.29 is 0 Å². The molecule has 0 amide bonds. The summed E-state index contributed by atoms with van der Waals surface area (Å²) < 4.78 is 0. The van der Waals surface area contributed by atoms with Gasteiger partial charge >= 0.3 is 0 Å². The van der Waals surface area contributed by atoms with E-state index in [0.29, 0.717) is 0 Å². The molecule has 2 aliphatic heterocycles. The Morgan fingerprint density at radius 1 is 0.542 bits per heavy atom. The van der Waals surface area contributed by atoms with Crippen LogP contribution in [0.4, 0.5) is 0 Å². The predicted molar refractivity (Wildman–Crippen MR) is 105 cm³/mol. The molecule has 0 aromatic carbocycles. The normalized spacial score (nSPS) is 29.5. The van der Waals surface area contributed by atoms with Crippen LogP contribution in [-0.2, 0) is 0 Å². The standard InChI is InChI=1S/C20H42N4/c1-17(2)13-23(14-18(3,4)21-17)11-9-10-12-24-15-19(5,6)22-20(7,8)16-24/h21-22H,9-16H2,1-8H3. The monoisotopic (exact) mass is 338 g/mol. The van der Waals surface area contributed by atoms with E-state index in [1.807, 2.05) is 0 Å². The molecule has 24 heavy (non-hydrogen) atoms. The number of piperazine rings is 2. The van der Waals surface area contributed by atoms with Gasteiger partial charge in [-0.3, -0.25) is 9.80 Å². The largest absolute Gasteiger partial charge is 0.304 e. The molecule has 4 nitrogen and oxygen atoms in total. The Morgan fingerprint density at radius 3 is 1.04 bits per heavy atom. The molecule has 0 aliphatic carbocycles. The molecular formula is C20H42N4. The summed E-state index contributed by atoms with van der Waals surface area (Å²) in [6.07, 6.45) is 2.61. The minimum atomic E-state index is 0.217. The van der Waals surface area contributed by atoms with E-state index in [9.17, 15) is 0 Å². The number of nitrogens with one attached hydrogen (secondary N) is 2. The first-order valence-corrected chi connectivity index (χ1v) is 9.81. The van der Waals surface area contributed by atoms with Crippen molar-refractivity contribution in [2.45, 2.75) is 90.4 Å². The van der Waals surface area contributed by atoms with Crippen molar-refractivity contribution in [1.29, 1.82) is 0 Å². The van der Waals surface area contributed by atoms with Crippen LogP contribution in [0.2, 0.25) is 0 Å². The van der Waals surface area contributed by atoms with Crippen LogP contribution < -0.4 is 10.6 Å². The van der Waals surface area contributed by atoms with Gasteiger partial charge in [-0.05, 0) is 81.3 Å². The van der Waals surface area contributed by atoms with E-state index < -0.39 is 0 Å². The maximum Gasteiger partial charge on any atom is 0.0257 e. The van der Waals surface area contributed by atoms with E-state index >= 15 is 0 Å². The molecule has 2 saturated heterocycles. The fourth-order valence-electron chi connectivity index (χ4n) is 5.33. The van der Waals surface area contributed by atoms with Gasteiger partial charge in [0.1, 0.15) is 0 Å². The highest BCUT2D eigenvalue weighted by Gasteiger charge is 2.37. The van der Waals surface area contributed by atoms with Crippen molar-refractivity contribution in [3.63, 3.8) is 0 Å². The Bertz CT molecular complexity index is 353. The summed E-state index contributed by atoms with van der Waals surface area (Å²) in [6, 6.07) is 0. The van der Waals surface area contributed by atoms with E-state index in [0.717, 1.165) is 26.2 Å². The van der Waals surface area contributed by atoms with Crippen molar-refractivity contribution >= 4 is 0 Å². The molecule has 0 unspecified atom stereocenters. The average Bonchev–Trinajstić information content (AvgIpc) is 2.26. The minimum absolute atomic E-state index is 0.217. The third-order valence-corrected chi connectivity index (χ3v) is 5.03. The van der Waals surface area contributed by atoms with Crippen LogP contribution in [0.15, 0.2) is 0 Å². The first-order valence-electron chi connectivity index (χ1n) is 9.81. The molecule has 142 valence electrons. The lowest BCUT2D eigenvalue weighted by Crippen LogP contribution is -2.67. The Kier molecular flexibility index (Phi) is 5.76. The third kappa shape index (κ3) is 6.29. The molecule has 0 aromatic heterocycles. The molecule has 0 spiro atoms. The number of unbranched alkanes of at least 4 members (excludes halogenated alkanes) is 1. The van der Waals surface area contributed by atoms with Gasteiger partial charge in [-0.2, -0.15) is 0 Å². The number of hydrogen-bond acceptors (Lipinski definition) is 4. The molecule has 4 heteroatoms. The molecule has 2 N–H and O–H groups in total. The van der Waals surface area contributed by atoms with Gasteiger partial charge in [0.15, 0.2) is 0 Å². The van der Waals surface area contributed by atoms with E-state index in [-0.39, 0.29) is 22.2 Å². The summed E-state index contributed by atoms with van der Waals surface area (Å²) in [6.45, 7) is 25.7. The summed E-state index contributed by atoms with van der Waals surface area (Å²) in [5, 5.41) is 7.53. The van der Waals surface area contributed by atoms with Crippen LogP contribution in [0.1, 0.15) is 68.2 Å². The van der Waals surface area contributed by atoms with Gasteiger partial charge in [0, 0.05) is 48.3 Å². The van der Waals surface area contributed by atoms with Gasteiger partial charge in [0.2, 0.25) is 0 Å². The van der Waals surface area contributed by atoms with Crippen LogP contribution in [0.25, 0.3) is 0 Å². The molecule has 2 rings (SSSR count). The second kappa shape index (κ2) is 6.86. The SMILES string of the molecule is CC1(C)CN(CCCCN2CC(C)(C)NC(C)(C)C2)CC(C)(C)N1. The van der Waals surface area contributed by atoms with Crippen molar-refractivity contribution in [1.82, 2.24) is 20.4 Å². The number of rotatable bonds is 5. The van der Waals surface area contributed by atoms with Gasteiger partial charge in [-0.25, -0.2) is 0 Å². The Labute approximate surface area is 150 Å². The molecule has 0 radical (unpaired) electrons. The predicted octanol–water partition coefficient (Wildman–Crippen LogP) is 2.69. The van der Waals surface area contributed by atoms with Crippen LogP contribution >= 0.6 is 0 Å². The molecule has 2 heterocycles. The molecule has 2 fully saturated rings. The Balaban J connectivity index is 1.75. The first-order chi connectivity index (χ1) is 10.8. The average molecular weight is 339 g/mol. The Morgan fingerprint density at radius 2 is 0.792 bits per heavy atom. The van der Waals surface area contributed by atoms with E-state index in [1.165, 1.54) is 25.9 Å². The zero-order chi connectivity index (χ0) is 18.2. The van der Waals surface area contributed by atoms with Gasteiger partial charge < -0.3 is 10.6 Å². The highest BCUT2D eigenvalue weighted by Crippen LogP contribution is 2.22. The molecule has 2 aliphatic rings. The van der Waals surface area contributed by atoms with Crippen LogP contribution in [-0.4, -0.2) is 71.2 Å². The van der Waals surface area contributed by atoms with Gasteiger partial charge in [0.05, 0.1) is 0 Å². The topological polar surface area (TPSA) is 30.5 Å². The van der Waals surface area contributed by atoms with E-state index in [4.69, 9.17) is 0 Å². The number of hydrogen-bond donors (Lipinski definition) is 2. The van der Waals surface area contributed by atoms with Crippen molar-refractivity contribution in [2.24, 2.45) is 0 Å². The lowest BCUT2D eigenvalue weighted by molar-refractivity contribution is 0.0665. The van der Waals surface area contributed by atoms with Crippen molar-refractivity contribution in [3.05, 3.63) is 0 Å². The maximum absolute atomic E-state index is 3.77. The molecular weight excluding hydrogens is 296 g/mol. The smallest absolute Gasteiger partial charge is 0.0257 e. The zero-order valence-electron chi connectivity index (χ0n) is 17.6. The number of nitrogens with zero attached hydrogens (tertiary/aromatic N) is 2. The summed E-state index contributed by atoms with van der Waals surface area (Å²) in [7, 11) is 0. The fraction of sp³-hybridized carbons (Fsp3) is 1.00. The minimum Gasteiger partial charge on any atom is -0.304 e. The third-order valence-electron chi connectivity index (χ3n) is 5.03. The van der Waals surface area contributed by atoms with E-state index in [1.54, 1.807) is 0 Å². The van der Waals surface area contributed by atoms with Crippen molar-refractivity contribution in [3.8, 4) is 0 Å². The quantitative estimate of drug-likeness (QED) is 0.755.